The van der Waals surface area contributed by atoms with Gasteiger partial charge in [0.1, 0.15) is 0 Å². The van der Waals surface area contributed by atoms with Crippen LogP contribution in [0.15, 0.2) is 18.2 Å². The number of hydrogen-bond acceptors (Lipinski definition) is 3. The van der Waals surface area contributed by atoms with E-state index in [0.29, 0.717) is 0 Å². The monoisotopic (exact) mass is 253 g/mol. The Balaban J connectivity index is 2.39. The van der Waals surface area contributed by atoms with E-state index in [2.05, 4.69) is 44.3 Å². The molecular weight excluding hydrogens is 230 g/mol. The van der Waals surface area contributed by atoms with Gasteiger partial charge >= 0.3 is 0 Å². The first kappa shape index (κ1) is 14.6. The van der Waals surface area contributed by atoms with E-state index in [1.165, 1.54) is 16.7 Å². The minimum Gasteiger partial charge on any atom is -0.395 e. The Kier molecular flexibility index (Phi) is 6.63. The van der Waals surface area contributed by atoms with Crippen LogP contribution in [0.25, 0.3) is 0 Å². The molecule has 96 valence electrons. The van der Waals surface area contributed by atoms with Gasteiger partial charge < -0.3 is 10.4 Å². The second kappa shape index (κ2) is 7.75. The molecule has 2 nitrogen and oxygen atoms in total. The molecule has 0 saturated heterocycles. The Hall–Kier alpha value is -0.510. The Morgan fingerprint density at radius 3 is 2.41 bits per heavy atom. The summed E-state index contributed by atoms with van der Waals surface area (Å²) in [6, 6.07) is 6.89. The number of likely N-dealkylation sites (N-methyl/N-ethyl adjacent to an activating group) is 1. The van der Waals surface area contributed by atoms with E-state index in [1.807, 2.05) is 11.8 Å². The number of thioether (sulfide) groups is 1. The first-order valence-electron chi connectivity index (χ1n) is 6.15. The molecule has 0 saturated carbocycles. The molecule has 0 aliphatic heterocycles. The summed E-state index contributed by atoms with van der Waals surface area (Å²) in [4.78, 5) is 0. The Morgan fingerprint density at radius 1 is 1.24 bits per heavy atom. The third-order valence-electron chi connectivity index (χ3n) is 2.58. The van der Waals surface area contributed by atoms with Crippen molar-refractivity contribution in [1.29, 1.82) is 0 Å². The molecule has 1 aromatic carbocycles. The van der Waals surface area contributed by atoms with Gasteiger partial charge in [0.05, 0.1) is 6.61 Å². The highest BCUT2D eigenvalue weighted by molar-refractivity contribution is 7.98. The third kappa shape index (κ3) is 5.57. The van der Waals surface area contributed by atoms with Crippen LogP contribution >= 0.6 is 11.8 Å². The standard InChI is InChI=1S/C14H23NOS/c1-4-15-14(8-16)10-17-9-13-6-11(2)5-12(3)7-13/h5-7,14-16H,4,8-10H2,1-3H3. The largest absolute Gasteiger partial charge is 0.395 e. The summed E-state index contributed by atoms with van der Waals surface area (Å²) in [6.45, 7) is 7.47. The molecule has 0 aliphatic rings. The molecule has 2 N–H and O–H groups in total. The maximum absolute atomic E-state index is 9.17. The van der Waals surface area contributed by atoms with Gasteiger partial charge in [0.15, 0.2) is 0 Å². The van der Waals surface area contributed by atoms with Crippen molar-refractivity contribution in [1.82, 2.24) is 5.32 Å². The lowest BCUT2D eigenvalue weighted by atomic mass is 10.1. The van der Waals surface area contributed by atoms with Crippen molar-refractivity contribution in [2.45, 2.75) is 32.6 Å². The van der Waals surface area contributed by atoms with Crippen molar-refractivity contribution in [2.75, 3.05) is 18.9 Å². The van der Waals surface area contributed by atoms with Crippen LogP contribution in [0.2, 0.25) is 0 Å². The second-order valence-electron chi connectivity index (χ2n) is 4.45. The molecule has 1 atom stereocenters. The smallest absolute Gasteiger partial charge is 0.0592 e. The summed E-state index contributed by atoms with van der Waals surface area (Å²) in [7, 11) is 0. The van der Waals surface area contributed by atoms with Crippen LogP contribution in [0.3, 0.4) is 0 Å². The van der Waals surface area contributed by atoms with Crippen molar-refractivity contribution in [3.05, 3.63) is 34.9 Å². The molecular formula is C14H23NOS. The molecule has 0 bridgehead atoms. The fourth-order valence-electron chi connectivity index (χ4n) is 1.94. The minimum absolute atomic E-state index is 0.216. The van der Waals surface area contributed by atoms with Crippen LogP contribution < -0.4 is 5.32 Å². The fraction of sp³-hybridized carbons (Fsp3) is 0.571. The van der Waals surface area contributed by atoms with Crippen LogP contribution in [0.4, 0.5) is 0 Å². The molecule has 1 rings (SSSR count). The van der Waals surface area contributed by atoms with Crippen LogP contribution in [0.5, 0.6) is 0 Å². The highest BCUT2D eigenvalue weighted by Gasteiger charge is 2.05. The van der Waals surface area contributed by atoms with Crippen LogP contribution in [-0.4, -0.2) is 30.1 Å². The van der Waals surface area contributed by atoms with Crippen molar-refractivity contribution >= 4 is 11.8 Å². The maximum atomic E-state index is 9.17. The predicted octanol–water partition coefficient (Wildman–Crippen LogP) is 2.51. The number of benzene rings is 1. The van der Waals surface area contributed by atoms with E-state index in [1.54, 1.807) is 0 Å². The van der Waals surface area contributed by atoms with Crippen molar-refractivity contribution in [2.24, 2.45) is 0 Å². The van der Waals surface area contributed by atoms with Crippen LogP contribution in [-0.2, 0) is 5.75 Å². The minimum atomic E-state index is 0.216. The second-order valence-corrected chi connectivity index (χ2v) is 5.48. The average Bonchev–Trinajstić information content (AvgIpc) is 2.26. The number of aliphatic hydroxyl groups excluding tert-OH is 1. The van der Waals surface area contributed by atoms with Gasteiger partial charge in [-0.05, 0) is 26.0 Å². The summed E-state index contributed by atoms with van der Waals surface area (Å²) in [5.41, 5.74) is 4.03. The quantitative estimate of drug-likeness (QED) is 0.783. The normalized spacial score (nSPS) is 12.7. The highest BCUT2D eigenvalue weighted by atomic mass is 32.2. The number of aryl methyl sites for hydroxylation is 2. The summed E-state index contributed by atoms with van der Waals surface area (Å²) >= 11 is 1.87. The van der Waals surface area contributed by atoms with Crippen molar-refractivity contribution in [3.8, 4) is 0 Å². The lowest BCUT2D eigenvalue weighted by molar-refractivity contribution is 0.255. The molecule has 0 fully saturated rings. The Morgan fingerprint density at radius 2 is 1.88 bits per heavy atom. The van der Waals surface area contributed by atoms with Gasteiger partial charge in [-0.15, -0.1) is 0 Å². The van der Waals surface area contributed by atoms with Gasteiger partial charge in [-0.2, -0.15) is 11.8 Å². The van der Waals surface area contributed by atoms with E-state index < -0.39 is 0 Å². The molecule has 0 aliphatic carbocycles. The zero-order valence-corrected chi connectivity index (χ0v) is 11.8. The number of rotatable bonds is 7. The first-order chi connectivity index (χ1) is 8.15. The van der Waals surface area contributed by atoms with Crippen molar-refractivity contribution in [3.63, 3.8) is 0 Å². The first-order valence-corrected chi connectivity index (χ1v) is 7.30. The summed E-state index contributed by atoms with van der Waals surface area (Å²) in [5, 5.41) is 12.4. The maximum Gasteiger partial charge on any atom is 0.0592 e. The van der Waals surface area contributed by atoms with E-state index in [0.717, 1.165) is 18.1 Å². The van der Waals surface area contributed by atoms with Crippen molar-refractivity contribution < 1.29 is 5.11 Å². The molecule has 0 aromatic heterocycles. The lowest BCUT2D eigenvalue weighted by Crippen LogP contribution is -2.34. The van der Waals surface area contributed by atoms with Gasteiger partial charge in [0, 0.05) is 17.5 Å². The molecule has 3 heteroatoms. The third-order valence-corrected chi connectivity index (χ3v) is 3.76. The molecule has 17 heavy (non-hydrogen) atoms. The van der Waals surface area contributed by atoms with E-state index in [4.69, 9.17) is 5.11 Å². The zero-order chi connectivity index (χ0) is 12.7. The SMILES string of the molecule is CCNC(CO)CSCc1cc(C)cc(C)c1. The van der Waals surface area contributed by atoms with Gasteiger partial charge in [-0.3, -0.25) is 0 Å². The number of nitrogens with one attached hydrogen (secondary N) is 1. The topological polar surface area (TPSA) is 32.3 Å². The number of hydrogen-bond donors (Lipinski definition) is 2. The molecule has 1 unspecified atom stereocenters. The molecule has 1 aromatic rings. The molecule has 0 spiro atoms. The van der Waals surface area contributed by atoms with Gasteiger partial charge in [-0.1, -0.05) is 36.2 Å². The Bertz CT molecular complexity index is 321. The summed E-state index contributed by atoms with van der Waals surface area (Å²) in [6.07, 6.45) is 0. The summed E-state index contributed by atoms with van der Waals surface area (Å²) in [5.74, 6) is 1.97. The van der Waals surface area contributed by atoms with Gasteiger partial charge in [0.2, 0.25) is 0 Å². The average molecular weight is 253 g/mol. The Labute approximate surface area is 109 Å². The lowest BCUT2D eigenvalue weighted by Gasteiger charge is -2.14. The molecule has 0 amide bonds. The number of aliphatic hydroxyl groups is 1. The van der Waals surface area contributed by atoms with Crippen LogP contribution in [0.1, 0.15) is 23.6 Å². The predicted molar refractivity (Wildman–Crippen MR) is 76.6 cm³/mol. The van der Waals surface area contributed by atoms with E-state index in [-0.39, 0.29) is 12.6 Å². The summed E-state index contributed by atoms with van der Waals surface area (Å²) < 4.78 is 0. The highest BCUT2D eigenvalue weighted by Crippen LogP contribution is 2.16. The zero-order valence-electron chi connectivity index (χ0n) is 11.0. The van der Waals surface area contributed by atoms with E-state index >= 15 is 0 Å². The van der Waals surface area contributed by atoms with Gasteiger partial charge in [-0.25, -0.2) is 0 Å². The molecule has 0 heterocycles. The molecule has 0 radical (unpaired) electrons. The van der Waals surface area contributed by atoms with Gasteiger partial charge in [0.25, 0.3) is 0 Å². The van der Waals surface area contributed by atoms with Crippen LogP contribution in [0, 0.1) is 13.8 Å². The van der Waals surface area contributed by atoms with E-state index in [9.17, 15) is 0 Å². The fourth-order valence-corrected chi connectivity index (χ4v) is 2.96.